The van der Waals surface area contributed by atoms with Crippen molar-refractivity contribution in [2.45, 2.75) is 87.9 Å². The van der Waals surface area contributed by atoms with Crippen molar-refractivity contribution in [2.75, 3.05) is 30.3 Å². The number of hydrogen-bond donors (Lipinski definition) is 21. The van der Waals surface area contributed by atoms with Crippen LogP contribution in [0.2, 0.25) is 0 Å². The highest BCUT2D eigenvalue weighted by Gasteiger charge is 2.19. The Bertz CT molecular complexity index is 1780. The fraction of sp³-hybridized carbons (Fsp3) is 0.704. The Kier molecular flexibility index (Phi) is 40.9. The van der Waals surface area contributed by atoms with E-state index in [-0.39, 0.29) is 37.1 Å². The standard InChI is InChI=1S/C7H15NO5S.C5H12N4O2.C4H8FNO2.C4H10N4O2.C4H10N2O4S.C3H8N2O4S/c8-6(7(9)10)4-2-1-3-5-14(11,12)13;6-3(4(10)11)1-2-9-5(7)8;1-2(5)3(6)4(7)8;5-2(3(9)10)1-8-4(6)7;5-3(4(7)8)1-2-11(6,9)10;4-2(3(6)7)1-10(5,8)9/h6H,1-5,8H2,(H,9,10)(H,11,12,13);3H,1-2,6H2,(H,10,11)(H4,7,8,9);2-3H,6H2,1H3,(H,7,8);2H,1,5H2,(H,9,10)(H4,6,7,8);3H,1-2,5H2,(H,7,8)(H2,6,9,10);2H,1,4H2,(H,6,7)(H2,5,8,9). The smallest absolute Gasteiger partial charge is 0.323 e. The number of carboxylic acids is 6. The maximum Gasteiger partial charge on any atom is 0.323 e. The van der Waals surface area contributed by atoms with Crippen molar-refractivity contribution in [3.05, 3.63) is 0 Å². The molecule has 31 N–H and O–H groups in total. The van der Waals surface area contributed by atoms with Crippen molar-refractivity contribution in [3.8, 4) is 0 Å². The van der Waals surface area contributed by atoms with Gasteiger partial charge in [-0.05, 0) is 32.6 Å². The third-order valence-corrected chi connectivity index (χ3v) is 8.62. The second-order valence-electron chi connectivity index (χ2n) is 12.3. The molecule has 380 valence electrons. The van der Waals surface area contributed by atoms with Crippen molar-refractivity contribution in [1.82, 2.24) is 10.6 Å². The van der Waals surface area contributed by atoms with E-state index in [9.17, 15) is 58.4 Å². The van der Waals surface area contributed by atoms with Crippen LogP contribution in [0.1, 0.15) is 45.4 Å². The first-order valence-corrected chi connectivity index (χ1v) is 22.3. The molecule has 0 aromatic rings. The molecule has 0 aliphatic rings. The van der Waals surface area contributed by atoms with Crippen LogP contribution in [0, 0.1) is 10.8 Å². The van der Waals surface area contributed by atoms with Crippen molar-refractivity contribution >= 4 is 77.9 Å². The van der Waals surface area contributed by atoms with Gasteiger partial charge in [-0.15, -0.1) is 0 Å². The molecule has 0 fully saturated rings. The molecule has 7 atom stereocenters. The second kappa shape index (κ2) is 37.2. The van der Waals surface area contributed by atoms with Crippen LogP contribution in [-0.4, -0.2) is 181 Å². The predicted octanol–water partition coefficient (Wildman–Crippen LogP) is -8.48. The lowest BCUT2D eigenvalue weighted by molar-refractivity contribution is -0.140. The van der Waals surface area contributed by atoms with Gasteiger partial charge in [-0.3, -0.25) is 44.1 Å². The molecule has 33 nitrogen and oxygen atoms in total. The van der Waals surface area contributed by atoms with E-state index in [1.54, 1.807) is 0 Å². The van der Waals surface area contributed by atoms with Crippen LogP contribution >= 0.6 is 0 Å². The lowest BCUT2D eigenvalue weighted by atomic mass is 10.1. The number of carbonyl (C=O) groups is 6. The van der Waals surface area contributed by atoms with Gasteiger partial charge in [-0.2, -0.15) is 8.42 Å². The lowest BCUT2D eigenvalue weighted by Gasteiger charge is -2.06. The zero-order valence-electron chi connectivity index (χ0n) is 34.2. The highest BCUT2D eigenvalue weighted by molar-refractivity contribution is 7.89. The Morgan fingerprint density at radius 2 is 0.922 bits per heavy atom. The van der Waals surface area contributed by atoms with Crippen LogP contribution in [-0.2, 0) is 58.9 Å². The van der Waals surface area contributed by atoms with Crippen LogP contribution in [0.5, 0.6) is 0 Å². The summed E-state index contributed by atoms with van der Waals surface area (Å²) < 4.78 is 81.7. The number of nitrogens with one attached hydrogen (secondary N) is 4. The Hall–Kier alpha value is -5.22. The number of unbranched alkanes of at least 4 members (excludes halogenated alkanes) is 2. The zero-order valence-corrected chi connectivity index (χ0v) is 36.7. The average molecular weight is 1000 g/mol. The molecular formula is C27H63FN14O19S3. The maximum atomic E-state index is 11.8. The highest BCUT2D eigenvalue weighted by Crippen LogP contribution is 2.04. The van der Waals surface area contributed by atoms with E-state index in [0.717, 1.165) is 6.92 Å². The molecule has 0 heterocycles. The fourth-order valence-corrected chi connectivity index (χ4v) is 4.47. The minimum absolute atomic E-state index is 0.0231. The average Bonchev–Trinajstić information content (AvgIpc) is 3.11. The number of rotatable bonds is 23. The summed E-state index contributed by atoms with van der Waals surface area (Å²) in [7, 11) is -11.3. The van der Waals surface area contributed by atoms with Crippen LogP contribution < -0.4 is 66.8 Å². The van der Waals surface area contributed by atoms with Gasteiger partial charge in [0.1, 0.15) is 42.4 Å². The molecule has 0 aromatic carbocycles. The maximum absolute atomic E-state index is 11.8. The number of sulfonamides is 2. The first-order valence-electron chi connectivity index (χ1n) is 17.3. The van der Waals surface area contributed by atoms with Crippen LogP contribution in [0.15, 0.2) is 0 Å². The van der Waals surface area contributed by atoms with Gasteiger partial charge in [0.2, 0.25) is 20.0 Å². The minimum Gasteiger partial charge on any atom is -0.480 e. The monoisotopic (exact) mass is 1000 g/mol. The molecule has 37 heteroatoms. The number of carboxylic acid groups (broad SMARTS) is 6. The molecule has 0 rings (SSSR count). The molecule has 0 saturated heterocycles. The molecule has 0 saturated carbocycles. The molecule has 0 aromatic heterocycles. The van der Waals surface area contributed by atoms with Gasteiger partial charge < -0.3 is 87.1 Å². The van der Waals surface area contributed by atoms with Gasteiger partial charge in [0.05, 0.1) is 17.3 Å². The largest absolute Gasteiger partial charge is 0.480 e. The van der Waals surface area contributed by atoms with Crippen molar-refractivity contribution in [3.63, 3.8) is 0 Å². The zero-order chi connectivity index (χ0) is 52.4. The Labute approximate surface area is 366 Å². The Balaban J connectivity index is -0.000000159. The van der Waals surface area contributed by atoms with Gasteiger partial charge in [-0.1, -0.05) is 12.8 Å². The van der Waals surface area contributed by atoms with Crippen LogP contribution in [0.4, 0.5) is 4.39 Å². The number of guanidine groups is 2. The Morgan fingerprint density at radius 3 is 1.19 bits per heavy atom. The van der Waals surface area contributed by atoms with Crippen molar-refractivity contribution in [2.24, 2.45) is 56.1 Å². The number of hydrogen-bond acceptors (Lipinski definition) is 20. The van der Waals surface area contributed by atoms with E-state index in [1.807, 2.05) is 0 Å². The van der Waals surface area contributed by atoms with E-state index in [0.29, 0.717) is 32.2 Å². The number of alkyl halides is 1. The van der Waals surface area contributed by atoms with Gasteiger partial charge in [-0.25, -0.2) is 31.5 Å². The van der Waals surface area contributed by atoms with Crippen molar-refractivity contribution in [1.29, 1.82) is 10.8 Å². The van der Waals surface area contributed by atoms with Crippen LogP contribution in [0.3, 0.4) is 0 Å². The van der Waals surface area contributed by atoms with E-state index in [1.165, 1.54) is 0 Å². The summed E-state index contributed by atoms with van der Waals surface area (Å²) in [6.45, 7) is 1.40. The summed E-state index contributed by atoms with van der Waals surface area (Å²) in [5.74, 6) is -9.01. The summed E-state index contributed by atoms with van der Waals surface area (Å²) in [6.07, 6.45) is 0.353. The quantitative estimate of drug-likeness (QED) is 0.0196. The third-order valence-electron chi connectivity index (χ3n) is 6.19. The molecule has 0 amide bonds. The van der Waals surface area contributed by atoms with Gasteiger partial charge in [0.25, 0.3) is 10.1 Å². The highest BCUT2D eigenvalue weighted by atomic mass is 32.2. The SMILES string of the molecule is CC(F)C(N)C(=O)O.N=C(N)NCC(N)C(=O)O.N=C(N)NCCC(N)C(=O)O.NC(CCCCCS(=O)(=O)O)C(=O)O.NC(CCS(N)(=O)=O)C(=O)O.NC(CS(N)(=O)=O)C(=O)O. The normalized spacial score (nSPS) is 13.9. The summed E-state index contributed by atoms with van der Waals surface area (Å²) in [6, 6.07) is -6.76. The van der Waals surface area contributed by atoms with Gasteiger partial charge >= 0.3 is 35.8 Å². The van der Waals surface area contributed by atoms with E-state index >= 15 is 0 Å². The summed E-state index contributed by atoms with van der Waals surface area (Å²) in [5.41, 5.74) is 39.9. The van der Waals surface area contributed by atoms with E-state index < -0.39 is 120 Å². The van der Waals surface area contributed by atoms with Gasteiger partial charge in [0.15, 0.2) is 11.9 Å². The molecule has 0 radical (unpaired) electrons. The second-order valence-corrected chi connectivity index (χ2v) is 17.3. The number of aliphatic carboxylic acids is 6. The molecular weight excluding hydrogens is 940 g/mol. The first-order chi connectivity index (χ1) is 28.6. The summed E-state index contributed by atoms with van der Waals surface area (Å²) in [4.78, 5) is 60.2. The predicted molar refractivity (Wildman–Crippen MR) is 224 cm³/mol. The molecule has 64 heavy (non-hydrogen) atoms. The molecule has 7 unspecified atom stereocenters. The number of primary sulfonamides is 2. The Morgan fingerprint density at radius 1 is 0.547 bits per heavy atom. The molecule has 0 aliphatic carbocycles. The fourth-order valence-electron chi connectivity index (χ4n) is 2.67. The number of nitrogens with two attached hydrogens (primary N) is 10. The first kappa shape index (κ1) is 70.4. The molecule has 0 spiro atoms. The summed E-state index contributed by atoms with van der Waals surface area (Å²) in [5, 5.41) is 76.5. The number of halogens is 1. The van der Waals surface area contributed by atoms with E-state index in [2.05, 4.69) is 20.9 Å². The topological polar surface area (TPSA) is 678 Å². The third kappa shape index (κ3) is 61.1. The minimum atomic E-state index is -3.89. The molecule has 0 aliphatic heterocycles. The van der Waals surface area contributed by atoms with Gasteiger partial charge in [0, 0.05) is 13.1 Å². The summed E-state index contributed by atoms with van der Waals surface area (Å²) >= 11 is 0. The van der Waals surface area contributed by atoms with Crippen LogP contribution in [0.25, 0.3) is 0 Å². The molecule has 0 bridgehead atoms. The van der Waals surface area contributed by atoms with Crippen molar-refractivity contribution < 1.29 is 93.6 Å². The van der Waals surface area contributed by atoms with E-state index in [4.69, 9.17) is 91.9 Å². The lowest BCUT2D eigenvalue weighted by Crippen LogP contribution is -2.44.